The largest absolute Gasteiger partial charge is 0.466 e. The number of hydrogen-bond acceptors (Lipinski definition) is 8. The molecule has 0 radical (unpaired) electrons. The van der Waals surface area contributed by atoms with Crippen LogP contribution in [-0.2, 0) is 22.5 Å². The zero-order valence-corrected chi connectivity index (χ0v) is 18.0. The van der Waals surface area contributed by atoms with E-state index in [0.717, 1.165) is 31.7 Å². The number of benzene rings is 1. The molecule has 0 spiro atoms. The molecule has 0 saturated carbocycles. The second kappa shape index (κ2) is 11.0. The predicted molar refractivity (Wildman–Crippen MR) is 118 cm³/mol. The standard InChI is InChI=1S/C21H29N5O2S/c1-3-28-20(27)13-19-16-29-21(23-19)24-22-14-17-5-7-18(8-6-17)15-26-10-4-9-25(2)11-12-26/h5-8,14,16H,3-4,9-13,15H2,1-2H3,(H,23,24). The van der Waals surface area contributed by atoms with Gasteiger partial charge in [0.05, 0.1) is 24.9 Å². The highest BCUT2D eigenvalue weighted by Crippen LogP contribution is 2.16. The first-order valence-electron chi connectivity index (χ1n) is 10.0. The number of anilines is 1. The maximum atomic E-state index is 11.5. The van der Waals surface area contributed by atoms with E-state index in [-0.39, 0.29) is 12.4 Å². The van der Waals surface area contributed by atoms with Gasteiger partial charge in [0, 0.05) is 25.0 Å². The van der Waals surface area contributed by atoms with Crippen LogP contribution >= 0.6 is 11.3 Å². The number of hydrogen-bond donors (Lipinski definition) is 1. The summed E-state index contributed by atoms with van der Waals surface area (Å²) in [7, 11) is 2.19. The van der Waals surface area contributed by atoms with Gasteiger partial charge in [0.15, 0.2) is 0 Å². The lowest BCUT2D eigenvalue weighted by Crippen LogP contribution is -2.28. The molecule has 3 rings (SSSR count). The zero-order valence-electron chi connectivity index (χ0n) is 17.1. The van der Waals surface area contributed by atoms with Crippen LogP contribution in [0.2, 0.25) is 0 Å². The zero-order chi connectivity index (χ0) is 20.5. The van der Waals surface area contributed by atoms with E-state index in [4.69, 9.17) is 4.74 Å². The average Bonchev–Trinajstić information content (AvgIpc) is 3.04. The van der Waals surface area contributed by atoms with E-state index < -0.39 is 0 Å². The van der Waals surface area contributed by atoms with Gasteiger partial charge in [-0.1, -0.05) is 24.3 Å². The lowest BCUT2D eigenvalue weighted by molar-refractivity contribution is -0.142. The van der Waals surface area contributed by atoms with E-state index in [0.29, 0.717) is 17.4 Å². The summed E-state index contributed by atoms with van der Waals surface area (Å²) in [5.74, 6) is -0.264. The van der Waals surface area contributed by atoms with E-state index in [2.05, 4.69) is 56.6 Å². The van der Waals surface area contributed by atoms with Crippen molar-refractivity contribution in [1.82, 2.24) is 14.8 Å². The molecule has 0 amide bonds. The van der Waals surface area contributed by atoms with Crippen molar-refractivity contribution < 1.29 is 9.53 Å². The Morgan fingerprint density at radius 1 is 1.28 bits per heavy atom. The number of carbonyl (C=O) groups is 1. The second-order valence-electron chi connectivity index (χ2n) is 7.17. The molecule has 1 N–H and O–H groups in total. The molecule has 156 valence electrons. The van der Waals surface area contributed by atoms with Crippen LogP contribution in [0.25, 0.3) is 0 Å². The fourth-order valence-corrected chi connectivity index (χ4v) is 3.85. The summed E-state index contributed by atoms with van der Waals surface area (Å²) in [6.07, 6.45) is 3.19. The number of aromatic nitrogens is 1. The molecule has 1 saturated heterocycles. The molecule has 1 aromatic heterocycles. The molecule has 1 aliphatic heterocycles. The SMILES string of the molecule is CCOC(=O)Cc1csc(NN=Cc2ccc(CN3CCCN(C)CC3)cc2)n1. The van der Waals surface area contributed by atoms with Crippen molar-refractivity contribution >= 4 is 28.7 Å². The normalized spacial score (nSPS) is 16.1. The summed E-state index contributed by atoms with van der Waals surface area (Å²) in [5.41, 5.74) is 5.96. The van der Waals surface area contributed by atoms with Gasteiger partial charge in [-0.3, -0.25) is 15.1 Å². The van der Waals surface area contributed by atoms with Gasteiger partial charge in [0.25, 0.3) is 0 Å². The summed E-state index contributed by atoms with van der Waals surface area (Å²) in [4.78, 5) is 20.7. The number of esters is 1. The van der Waals surface area contributed by atoms with Crippen molar-refractivity contribution in [3.05, 3.63) is 46.5 Å². The van der Waals surface area contributed by atoms with Crippen LogP contribution in [-0.4, -0.2) is 66.8 Å². The van der Waals surface area contributed by atoms with Crippen LogP contribution in [0, 0.1) is 0 Å². The van der Waals surface area contributed by atoms with E-state index in [1.165, 1.54) is 29.9 Å². The third-order valence-electron chi connectivity index (χ3n) is 4.75. The second-order valence-corrected chi connectivity index (χ2v) is 8.03. The quantitative estimate of drug-likeness (QED) is 0.406. The molecule has 2 heterocycles. The van der Waals surface area contributed by atoms with Crippen LogP contribution in [0.4, 0.5) is 5.13 Å². The summed E-state index contributed by atoms with van der Waals surface area (Å²) in [5, 5.41) is 6.74. The number of rotatable bonds is 8. The maximum Gasteiger partial charge on any atom is 0.311 e. The molecule has 7 nitrogen and oxygen atoms in total. The fourth-order valence-electron chi connectivity index (χ4n) is 3.19. The van der Waals surface area contributed by atoms with Gasteiger partial charge in [-0.15, -0.1) is 11.3 Å². The molecular weight excluding hydrogens is 386 g/mol. The Labute approximate surface area is 176 Å². The monoisotopic (exact) mass is 415 g/mol. The molecule has 2 aromatic rings. The van der Waals surface area contributed by atoms with Crippen molar-refractivity contribution in [3.8, 4) is 0 Å². The summed E-state index contributed by atoms with van der Waals surface area (Å²) in [6.45, 7) is 7.76. The predicted octanol–water partition coefficient (Wildman–Crippen LogP) is 2.83. The molecule has 1 fully saturated rings. The molecule has 0 atom stereocenters. The van der Waals surface area contributed by atoms with Gasteiger partial charge in [0.1, 0.15) is 0 Å². The van der Waals surface area contributed by atoms with Gasteiger partial charge in [-0.25, -0.2) is 4.98 Å². The lowest BCUT2D eigenvalue weighted by atomic mass is 10.1. The van der Waals surface area contributed by atoms with Gasteiger partial charge >= 0.3 is 5.97 Å². The van der Waals surface area contributed by atoms with Crippen LogP contribution < -0.4 is 5.43 Å². The summed E-state index contributed by atoms with van der Waals surface area (Å²) in [6, 6.07) is 8.49. The molecule has 8 heteroatoms. The van der Waals surface area contributed by atoms with Gasteiger partial charge in [0.2, 0.25) is 5.13 Å². The van der Waals surface area contributed by atoms with Gasteiger partial charge in [-0.05, 0) is 44.6 Å². The van der Waals surface area contributed by atoms with E-state index in [9.17, 15) is 4.79 Å². The molecular formula is C21H29N5O2S. The topological polar surface area (TPSA) is 70.1 Å². The van der Waals surface area contributed by atoms with Crippen LogP contribution in [0.5, 0.6) is 0 Å². The number of nitrogens with one attached hydrogen (secondary N) is 1. The molecule has 0 bridgehead atoms. The summed E-state index contributed by atoms with van der Waals surface area (Å²) < 4.78 is 4.93. The average molecular weight is 416 g/mol. The van der Waals surface area contributed by atoms with Crippen molar-refractivity contribution in [3.63, 3.8) is 0 Å². The lowest BCUT2D eigenvalue weighted by Gasteiger charge is -2.20. The first-order valence-corrected chi connectivity index (χ1v) is 10.9. The smallest absolute Gasteiger partial charge is 0.311 e. The highest BCUT2D eigenvalue weighted by molar-refractivity contribution is 7.13. The first-order chi connectivity index (χ1) is 14.1. The van der Waals surface area contributed by atoms with Crippen molar-refractivity contribution in [2.45, 2.75) is 26.3 Å². The third-order valence-corrected chi connectivity index (χ3v) is 5.55. The van der Waals surface area contributed by atoms with Gasteiger partial charge in [-0.2, -0.15) is 5.10 Å². The Kier molecular flexibility index (Phi) is 8.15. The van der Waals surface area contributed by atoms with Crippen molar-refractivity contribution in [2.24, 2.45) is 5.10 Å². The minimum Gasteiger partial charge on any atom is -0.466 e. The Bertz CT molecular complexity index is 806. The Hall–Kier alpha value is -2.29. The van der Waals surface area contributed by atoms with Crippen molar-refractivity contribution in [1.29, 1.82) is 0 Å². The van der Waals surface area contributed by atoms with Crippen LogP contribution in [0.15, 0.2) is 34.7 Å². The van der Waals surface area contributed by atoms with E-state index >= 15 is 0 Å². The minimum absolute atomic E-state index is 0.185. The van der Waals surface area contributed by atoms with E-state index in [1.807, 2.05) is 5.38 Å². The number of nitrogens with zero attached hydrogens (tertiary/aromatic N) is 4. The molecule has 0 unspecified atom stereocenters. The molecule has 1 aliphatic rings. The fraction of sp³-hybridized carbons (Fsp3) is 0.476. The Morgan fingerprint density at radius 2 is 2.10 bits per heavy atom. The Morgan fingerprint density at radius 3 is 2.90 bits per heavy atom. The van der Waals surface area contributed by atoms with Crippen molar-refractivity contribution in [2.75, 3.05) is 45.3 Å². The molecule has 29 heavy (non-hydrogen) atoms. The highest BCUT2D eigenvalue weighted by Gasteiger charge is 2.12. The van der Waals surface area contributed by atoms with Crippen LogP contribution in [0.1, 0.15) is 30.2 Å². The number of carbonyl (C=O) groups excluding carboxylic acids is 1. The number of likely N-dealkylation sites (N-methyl/N-ethyl adjacent to an activating group) is 1. The number of thiazole rings is 1. The minimum atomic E-state index is -0.264. The first kappa shape index (κ1) is 21.4. The van der Waals surface area contributed by atoms with E-state index in [1.54, 1.807) is 13.1 Å². The molecule has 0 aliphatic carbocycles. The van der Waals surface area contributed by atoms with Crippen LogP contribution in [0.3, 0.4) is 0 Å². The molecule has 1 aromatic carbocycles. The van der Waals surface area contributed by atoms with Gasteiger partial charge < -0.3 is 9.64 Å². The maximum absolute atomic E-state index is 11.5. The highest BCUT2D eigenvalue weighted by atomic mass is 32.1. The Balaban J connectivity index is 1.46. The number of hydrazone groups is 1. The number of ether oxygens (including phenoxy) is 1. The summed E-state index contributed by atoms with van der Waals surface area (Å²) >= 11 is 1.42. The third kappa shape index (κ3) is 7.23.